The van der Waals surface area contributed by atoms with Gasteiger partial charge in [-0.1, -0.05) is 0 Å². The van der Waals surface area contributed by atoms with Gasteiger partial charge < -0.3 is 0 Å². The number of rotatable bonds is 6. The van der Waals surface area contributed by atoms with Crippen LogP contribution in [0.15, 0.2) is 24.3 Å². The molecule has 1 unspecified atom stereocenters. The van der Waals surface area contributed by atoms with Crippen LogP contribution in [-0.4, -0.2) is 41.9 Å². The van der Waals surface area contributed by atoms with Gasteiger partial charge in [0.05, 0.1) is 11.5 Å². The van der Waals surface area contributed by atoms with Gasteiger partial charge in [0.1, 0.15) is 15.7 Å². The van der Waals surface area contributed by atoms with Gasteiger partial charge in [-0.3, -0.25) is 9.00 Å². The van der Waals surface area contributed by atoms with Crippen molar-refractivity contribution < 1.29 is 21.8 Å². The van der Waals surface area contributed by atoms with E-state index in [1.54, 1.807) is 0 Å². The summed E-state index contributed by atoms with van der Waals surface area (Å²) in [6, 6.07) is 4.91. The van der Waals surface area contributed by atoms with Crippen molar-refractivity contribution in [2.45, 2.75) is 0 Å². The molecule has 0 aliphatic heterocycles. The number of hydrogen-bond donors (Lipinski definition) is 0. The van der Waals surface area contributed by atoms with Crippen molar-refractivity contribution in [3.8, 4) is 0 Å². The molecule has 0 saturated heterocycles. The Morgan fingerprint density at radius 3 is 2.33 bits per heavy atom. The number of ketones is 1. The van der Waals surface area contributed by atoms with Crippen LogP contribution in [0.1, 0.15) is 10.4 Å². The van der Waals surface area contributed by atoms with E-state index in [2.05, 4.69) is 0 Å². The van der Waals surface area contributed by atoms with Crippen LogP contribution in [0.25, 0.3) is 0 Å². The Labute approximate surface area is 108 Å². The zero-order valence-corrected chi connectivity index (χ0v) is 11.4. The smallest absolute Gasteiger partial charge is 0.175 e. The summed E-state index contributed by atoms with van der Waals surface area (Å²) in [5.74, 6) is -1.37. The molecule has 0 radical (unpaired) electrons. The number of halogens is 1. The summed E-state index contributed by atoms with van der Waals surface area (Å²) in [4.78, 5) is 11.6. The topological polar surface area (TPSA) is 68.3 Å². The molecule has 1 rings (SSSR count). The lowest BCUT2D eigenvalue weighted by atomic mass is 10.1. The second-order valence-electron chi connectivity index (χ2n) is 3.85. The summed E-state index contributed by atoms with van der Waals surface area (Å²) in [6.07, 6.45) is 1.05. The summed E-state index contributed by atoms with van der Waals surface area (Å²) in [5.41, 5.74) is 0.268. The van der Waals surface area contributed by atoms with Crippen molar-refractivity contribution in [1.82, 2.24) is 0 Å². The number of carbonyl (C=O) groups excluding carboxylic acids is 1. The van der Waals surface area contributed by atoms with Crippen molar-refractivity contribution in [1.29, 1.82) is 0 Å². The van der Waals surface area contributed by atoms with Crippen LogP contribution in [-0.2, 0) is 20.6 Å². The van der Waals surface area contributed by atoms with Gasteiger partial charge in [-0.2, -0.15) is 0 Å². The van der Waals surface area contributed by atoms with E-state index in [1.165, 1.54) is 12.1 Å². The van der Waals surface area contributed by atoms with E-state index >= 15 is 0 Å². The fourth-order valence-electron chi connectivity index (χ4n) is 1.18. The molecule has 0 aliphatic carbocycles. The van der Waals surface area contributed by atoms with E-state index in [0.29, 0.717) is 0 Å². The SMILES string of the molecule is CS(=O)(=O)CCS(=O)CC(=O)c1ccc(F)cc1. The molecule has 7 heteroatoms. The van der Waals surface area contributed by atoms with Gasteiger partial charge in [0.25, 0.3) is 0 Å². The third kappa shape index (κ3) is 5.50. The highest BCUT2D eigenvalue weighted by Crippen LogP contribution is 2.04. The summed E-state index contributed by atoms with van der Waals surface area (Å²) < 4.78 is 45.9. The summed E-state index contributed by atoms with van der Waals surface area (Å²) >= 11 is 0. The zero-order valence-electron chi connectivity index (χ0n) is 9.76. The van der Waals surface area contributed by atoms with Gasteiger partial charge in [-0.15, -0.1) is 0 Å². The van der Waals surface area contributed by atoms with Crippen LogP contribution in [0.5, 0.6) is 0 Å². The van der Waals surface area contributed by atoms with Crippen LogP contribution >= 0.6 is 0 Å². The Morgan fingerprint density at radius 2 is 1.83 bits per heavy atom. The van der Waals surface area contributed by atoms with E-state index in [1.807, 2.05) is 0 Å². The average Bonchev–Trinajstić information content (AvgIpc) is 2.26. The first-order chi connectivity index (χ1) is 8.28. The van der Waals surface area contributed by atoms with Crippen LogP contribution in [0.3, 0.4) is 0 Å². The van der Waals surface area contributed by atoms with Gasteiger partial charge >= 0.3 is 0 Å². The van der Waals surface area contributed by atoms with Crippen molar-refractivity contribution in [2.24, 2.45) is 0 Å². The fourth-order valence-corrected chi connectivity index (χ4v) is 3.74. The standard InChI is InChI=1S/C11H13FO4S2/c1-18(15,16)7-6-17(14)8-11(13)9-2-4-10(12)5-3-9/h2-5H,6-8H2,1H3. The molecule has 0 heterocycles. The van der Waals surface area contributed by atoms with Gasteiger partial charge in [0, 0.05) is 28.4 Å². The predicted octanol–water partition coefficient (Wildman–Crippen LogP) is 0.802. The average molecular weight is 292 g/mol. The summed E-state index contributed by atoms with van der Waals surface area (Å²) in [6.45, 7) is 0. The molecule has 18 heavy (non-hydrogen) atoms. The van der Waals surface area contributed by atoms with Crippen LogP contribution < -0.4 is 0 Å². The molecule has 1 atom stereocenters. The number of benzene rings is 1. The second-order valence-corrected chi connectivity index (χ2v) is 7.68. The van der Waals surface area contributed by atoms with E-state index in [0.717, 1.165) is 18.4 Å². The van der Waals surface area contributed by atoms with Crippen LogP contribution in [0.2, 0.25) is 0 Å². The summed E-state index contributed by atoms with van der Waals surface area (Å²) in [5, 5.41) is 0. The molecule has 1 aromatic carbocycles. The molecular weight excluding hydrogens is 279 g/mol. The third-order valence-electron chi connectivity index (χ3n) is 2.14. The maximum atomic E-state index is 12.6. The molecular formula is C11H13FO4S2. The largest absolute Gasteiger partial charge is 0.293 e. The molecule has 0 bridgehead atoms. The zero-order chi connectivity index (χ0) is 13.8. The number of hydrogen-bond acceptors (Lipinski definition) is 4. The highest BCUT2D eigenvalue weighted by Gasteiger charge is 2.12. The molecule has 100 valence electrons. The molecule has 0 saturated carbocycles. The maximum absolute atomic E-state index is 12.6. The second kappa shape index (κ2) is 6.19. The number of carbonyl (C=O) groups is 1. The molecule has 0 amide bonds. The quantitative estimate of drug-likeness (QED) is 0.727. The van der Waals surface area contributed by atoms with Crippen molar-refractivity contribution >= 4 is 26.4 Å². The first kappa shape index (κ1) is 15.0. The highest BCUT2D eigenvalue weighted by atomic mass is 32.2. The Balaban J connectivity index is 2.55. The Morgan fingerprint density at radius 1 is 1.28 bits per heavy atom. The third-order valence-corrected chi connectivity index (χ3v) is 4.59. The Kier molecular flexibility index (Phi) is 5.15. The first-order valence-electron chi connectivity index (χ1n) is 5.09. The van der Waals surface area contributed by atoms with Gasteiger partial charge in [-0.25, -0.2) is 12.8 Å². The summed E-state index contributed by atoms with van der Waals surface area (Å²) in [7, 11) is -4.70. The van der Waals surface area contributed by atoms with E-state index < -0.39 is 26.5 Å². The van der Waals surface area contributed by atoms with Crippen molar-refractivity contribution in [2.75, 3.05) is 23.5 Å². The molecule has 0 spiro atoms. The first-order valence-corrected chi connectivity index (χ1v) is 8.64. The van der Waals surface area contributed by atoms with Crippen LogP contribution in [0.4, 0.5) is 4.39 Å². The number of Topliss-reactive ketones (excluding diaryl/α,β-unsaturated/α-hetero) is 1. The molecule has 4 nitrogen and oxygen atoms in total. The molecule has 0 fully saturated rings. The van der Waals surface area contributed by atoms with Gasteiger partial charge in [0.15, 0.2) is 5.78 Å². The van der Waals surface area contributed by atoms with Crippen molar-refractivity contribution in [3.05, 3.63) is 35.6 Å². The van der Waals surface area contributed by atoms with E-state index in [-0.39, 0.29) is 28.6 Å². The highest BCUT2D eigenvalue weighted by molar-refractivity contribution is 7.92. The van der Waals surface area contributed by atoms with Crippen molar-refractivity contribution in [3.63, 3.8) is 0 Å². The molecule has 1 aromatic rings. The monoisotopic (exact) mass is 292 g/mol. The minimum Gasteiger partial charge on any atom is -0.293 e. The Bertz CT molecular complexity index is 549. The maximum Gasteiger partial charge on any atom is 0.175 e. The fraction of sp³-hybridized carbons (Fsp3) is 0.364. The van der Waals surface area contributed by atoms with E-state index in [4.69, 9.17) is 0 Å². The minimum atomic E-state index is -3.18. The normalized spacial score (nSPS) is 13.2. The molecule has 0 aliphatic rings. The lowest BCUT2D eigenvalue weighted by molar-refractivity contribution is 0.102. The van der Waals surface area contributed by atoms with Gasteiger partial charge in [0.2, 0.25) is 0 Å². The lowest BCUT2D eigenvalue weighted by Crippen LogP contribution is -2.18. The lowest BCUT2D eigenvalue weighted by Gasteiger charge is -2.01. The predicted molar refractivity (Wildman–Crippen MR) is 68.3 cm³/mol. The van der Waals surface area contributed by atoms with Gasteiger partial charge in [-0.05, 0) is 24.3 Å². The Hall–Kier alpha value is -1.08. The minimum absolute atomic E-state index is 0.0637. The van der Waals surface area contributed by atoms with E-state index in [9.17, 15) is 21.8 Å². The molecule has 0 aromatic heterocycles. The van der Waals surface area contributed by atoms with Crippen LogP contribution in [0, 0.1) is 5.82 Å². The number of sulfone groups is 1. The molecule has 0 N–H and O–H groups in total.